The number of benzene rings is 1. The van der Waals surface area contributed by atoms with Gasteiger partial charge in [-0.1, -0.05) is 12.1 Å². The lowest BCUT2D eigenvalue weighted by Crippen LogP contribution is -2.59. The molecule has 2 N–H and O–H groups in total. The van der Waals surface area contributed by atoms with Crippen molar-refractivity contribution in [2.75, 3.05) is 19.6 Å². The average molecular weight is 345 g/mol. The maximum atomic E-state index is 13.7. The number of carbonyl (C=O) groups excluding carboxylic acids is 2. The number of hydrogen-bond donors (Lipinski definition) is 1. The highest BCUT2D eigenvalue weighted by Crippen LogP contribution is 2.46. The molecule has 1 aromatic rings. The van der Waals surface area contributed by atoms with Crippen LogP contribution in [0.4, 0.5) is 4.39 Å². The maximum absolute atomic E-state index is 13.7. The molecule has 3 atom stereocenters. The minimum Gasteiger partial charge on any atom is -0.340 e. The van der Waals surface area contributed by atoms with E-state index in [0.29, 0.717) is 19.6 Å². The van der Waals surface area contributed by atoms with E-state index in [9.17, 15) is 14.0 Å². The summed E-state index contributed by atoms with van der Waals surface area (Å²) in [7, 11) is 0. The summed E-state index contributed by atoms with van der Waals surface area (Å²) in [6.45, 7) is 3.40. The average Bonchev–Trinajstić information content (AvgIpc) is 3.09. The van der Waals surface area contributed by atoms with Crippen LogP contribution in [0, 0.1) is 17.7 Å². The lowest BCUT2D eigenvalue weighted by molar-refractivity contribution is -0.139. The van der Waals surface area contributed by atoms with Crippen LogP contribution in [0.5, 0.6) is 0 Å². The van der Waals surface area contributed by atoms with Gasteiger partial charge in [-0.25, -0.2) is 4.39 Å². The molecule has 3 aliphatic rings. The molecule has 1 aromatic carbocycles. The van der Waals surface area contributed by atoms with Crippen LogP contribution >= 0.6 is 0 Å². The molecule has 2 aliphatic heterocycles. The van der Waals surface area contributed by atoms with E-state index in [1.54, 1.807) is 13.0 Å². The van der Waals surface area contributed by atoms with Gasteiger partial charge in [0, 0.05) is 38.4 Å². The zero-order chi connectivity index (χ0) is 17.8. The molecule has 25 heavy (non-hydrogen) atoms. The largest absolute Gasteiger partial charge is 0.340 e. The number of hydrogen-bond acceptors (Lipinski definition) is 3. The van der Waals surface area contributed by atoms with Gasteiger partial charge in [0.05, 0.1) is 11.6 Å². The lowest BCUT2D eigenvalue weighted by Gasteiger charge is -2.40. The SMILES string of the molecule is CC(=O)N1C[C@H]2CN(C(=O)C3(N)CCC3)C[C@H]2[C@H]1c1cccc(F)c1. The molecule has 2 saturated heterocycles. The number of nitrogens with zero attached hydrogens (tertiary/aromatic N) is 2. The Morgan fingerprint density at radius 1 is 1.24 bits per heavy atom. The van der Waals surface area contributed by atoms with Crippen molar-refractivity contribution in [3.05, 3.63) is 35.6 Å². The van der Waals surface area contributed by atoms with Gasteiger partial charge >= 0.3 is 0 Å². The van der Waals surface area contributed by atoms with E-state index in [4.69, 9.17) is 5.73 Å². The van der Waals surface area contributed by atoms with Crippen molar-refractivity contribution in [2.24, 2.45) is 17.6 Å². The molecule has 3 fully saturated rings. The third kappa shape index (κ3) is 2.63. The van der Waals surface area contributed by atoms with Crippen LogP contribution in [0.2, 0.25) is 0 Å². The number of fused-ring (bicyclic) bond motifs is 1. The van der Waals surface area contributed by atoms with Gasteiger partial charge in [0.15, 0.2) is 0 Å². The van der Waals surface area contributed by atoms with Gasteiger partial charge in [-0.15, -0.1) is 0 Å². The summed E-state index contributed by atoms with van der Waals surface area (Å²) in [6.07, 6.45) is 2.52. The van der Waals surface area contributed by atoms with Crippen molar-refractivity contribution in [2.45, 2.75) is 37.8 Å². The van der Waals surface area contributed by atoms with Crippen molar-refractivity contribution >= 4 is 11.8 Å². The second kappa shape index (κ2) is 5.80. The van der Waals surface area contributed by atoms with Crippen molar-refractivity contribution in [1.82, 2.24) is 9.80 Å². The summed E-state index contributed by atoms with van der Waals surface area (Å²) < 4.78 is 13.7. The molecule has 0 radical (unpaired) electrons. The number of carbonyl (C=O) groups is 2. The molecule has 5 nitrogen and oxygen atoms in total. The molecule has 0 aromatic heterocycles. The Bertz CT molecular complexity index is 718. The zero-order valence-electron chi connectivity index (χ0n) is 14.5. The zero-order valence-corrected chi connectivity index (χ0v) is 14.5. The van der Waals surface area contributed by atoms with E-state index in [1.165, 1.54) is 12.1 Å². The monoisotopic (exact) mass is 345 g/mol. The van der Waals surface area contributed by atoms with Crippen LogP contribution < -0.4 is 5.73 Å². The summed E-state index contributed by atoms with van der Waals surface area (Å²) in [4.78, 5) is 28.6. The van der Waals surface area contributed by atoms with E-state index in [0.717, 1.165) is 24.8 Å². The first kappa shape index (κ1) is 16.5. The highest BCUT2D eigenvalue weighted by Gasteiger charge is 2.52. The molecule has 1 saturated carbocycles. The molecular weight excluding hydrogens is 321 g/mol. The number of likely N-dealkylation sites (tertiary alicyclic amines) is 2. The predicted octanol–water partition coefficient (Wildman–Crippen LogP) is 1.68. The van der Waals surface area contributed by atoms with Crippen molar-refractivity contribution in [3.8, 4) is 0 Å². The van der Waals surface area contributed by atoms with Gasteiger partial charge in [-0.05, 0) is 37.0 Å². The Labute approximate surface area is 147 Å². The second-order valence-corrected chi connectivity index (χ2v) is 7.81. The van der Waals surface area contributed by atoms with Crippen LogP contribution in [-0.2, 0) is 9.59 Å². The van der Waals surface area contributed by atoms with Crippen molar-refractivity contribution < 1.29 is 14.0 Å². The summed E-state index contributed by atoms with van der Waals surface area (Å²) in [6, 6.07) is 6.28. The van der Waals surface area contributed by atoms with Gasteiger partial charge in [0.25, 0.3) is 0 Å². The molecule has 134 valence electrons. The second-order valence-electron chi connectivity index (χ2n) is 7.81. The molecule has 6 heteroatoms. The first-order chi connectivity index (χ1) is 11.9. The van der Waals surface area contributed by atoms with Crippen molar-refractivity contribution in [1.29, 1.82) is 0 Å². The van der Waals surface area contributed by atoms with Crippen LogP contribution in [0.3, 0.4) is 0 Å². The Kier molecular flexibility index (Phi) is 3.83. The number of amides is 2. The fraction of sp³-hybridized carbons (Fsp3) is 0.579. The summed E-state index contributed by atoms with van der Waals surface area (Å²) in [5, 5.41) is 0. The maximum Gasteiger partial charge on any atom is 0.242 e. The van der Waals surface area contributed by atoms with Crippen LogP contribution in [0.1, 0.15) is 37.8 Å². The van der Waals surface area contributed by atoms with E-state index < -0.39 is 5.54 Å². The normalized spacial score (nSPS) is 30.1. The Balaban J connectivity index is 1.59. The third-order valence-electron chi connectivity index (χ3n) is 6.22. The minimum absolute atomic E-state index is 0.00386. The Morgan fingerprint density at radius 3 is 2.60 bits per heavy atom. The Hall–Kier alpha value is -1.95. The standard InChI is InChI=1S/C19H24FN3O2/c1-12(24)23-10-14-9-22(18(25)19(21)6-3-7-19)11-16(14)17(23)13-4-2-5-15(20)8-13/h2,4-5,8,14,16-17H,3,6-7,9-11,21H2,1H3/t14-,16-,17-/m1/s1. The number of rotatable bonds is 2. The smallest absolute Gasteiger partial charge is 0.242 e. The summed E-state index contributed by atoms with van der Waals surface area (Å²) in [5.41, 5.74) is 6.33. The number of halogens is 1. The molecule has 0 unspecified atom stereocenters. The van der Waals surface area contributed by atoms with E-state index in [2.05, 4.69) is 0 Å². The first-order valence-corrected chi connectivity index (χ1v) is 9.00. The van der Waals surface area contributed by atoms with E-state index >= 15 is 0 Å². The van der Waals surface area contributed by atoms with Gasteiger partial charge in [-0.3, -0.25) is 9.59 Å². The lowest BCUT2D eigenvalue weighted by atomic mass is 9.76. The predicted molar refractivity (Wildman–Crippen MR) is 90.9 cm³/mol. The highest BCUT2D eigenvalue weighted by molar-refractivity contribution is 5.87. The van der Waals surface area contributed by atoms with Gasteiger partial charge in [-0.2, -0.15) is 0 Å². The fourth-order valence-corrected chi connectivity index (χ4v) is 4.74. The quantitative estimate of drug-likeness (QED) is 0.887. The van der Waals surface area contributed by atoms with Crippen LogP contribution in [-0.4, -0.2) is 46.8 Å². The fourth-order valence-electron chi connectivity index (χ4n) is 4.74. The first-order valence-electron chi connectivity index (χ1n) is 9.00. The van der Waals surface area contributed by atoms with Gasteiger partial charge in [0.1, 0.15) is 5.82 Å². The van der Waals surface area contributed by atoms with E-state index in [-0.39, 0.29) is 35.5 Å². The van der Waals surface area contributed by atoms with Gasteiger partial charge < -0.3 is 15.5 Å². The molecule has 2 heterocycles. The molecule has 1 aliphatic carbocycles. The molecule has 0 spiro atoms. The Morgan fingerprint density at radius 2 is 2.00 bits per heavy atom. The molecule has 2 amide bonds. The molecule has 0 bridgehead atoms. The summed E-state index contributed by atoms with van der Waals surface area (Å²) in [5.74, 6) is 0.102. The van der Waals surface area contributed by atoms with Gasteiger partial charge in [0.2, 0.25) is 11.8 Å². The molecular formula is C19H24FN3O2. The van der Waals surface area contributed by atoms with Crippen molar-refractivity contribution in [3.63, 3.8) is 0 Å². The van der Waals surface area contributed by atoms with Crippen LogP contribution in [0.15, 0.2) is 24.3 Å². The number of nitrogens with two attached hydrogens (primary N) is 1. The third-order valence-corrected chi connectivity index (χ3v) is 6.22. The highest BCUT2D eigenvalue weighted by atomic mass is 19.1. The topological polar surface area (TPSA) is 66.6 Å². The summed E-state index contributed by atoms with van der Waals surface area (Å²) >= 11 is 0. The molecule has 4 rings (SSSR count). The van der Waals surface area contributed by atoms with Crippen LogP contribution in [0.25, 0.3) is 0 Å². The van der Waals surface area contributed by atoms with E-state index in [1.807, 2.05) is 15.9 Å². The minimum atomic E-state index is -0.687.